The summed E-state index contributed by atoms with van der Waals surface area (Å²) < 4.78 is 2.53. The van der Waals surface area contributed by atoms with Crippen LogP contribution in [-0.4, -0.2) is 16.4 Å². The highest BCUT2D eigenvalue weighted by Crippen LogP contribution is 2.25. The van der Waals surface area contributed by atoms with Crippen LogP contribution in [0.15, 0.2) is 16.7 Å². The fourth-order valence-electron chi connectivity index (χ4n) is 2.64. The Morgan fingerprint density at radius 3 is 2.60 bits per heavy atom. The third kappa shape index (κ3) is 4.10. The molecule has 0 unspecified atom stereocenters. The van der Waals surface area contributed by atoms with Gasteiger partial charge >= 0.3 is 0 Å². The van der Waals surface area contributed by atoms with Crippen molar-refractivity contribution < 1.29 is 9.59 Å². The number of hydrogen-bond acceptors (Lipinski definition) is 2. The number of carbonyl (C=O) groups is 2. The number of amides is 2. The molecule has 20 heavy (non-hydrogen) atoms. The molecular weight excluding hydrogens is 322 g/mol. The van der Waals surface area contributed by atoms with Crippen molar-refractivity contribution in [2.45, 2.75) is 38.5 Å². The molecule has 0 saturated heterocycles. The van der Waals surface area contributed by atoms with Crippen LogP contribution in [0.2, 0.25) is 0 Å². The number of carbonyl (C=O) groups excluding carboxylic acids is 2. The molecule has 0 bridgehead atoms. The van der Waals surface area contributed by atoms with E-state index in [1.54, 1.807) is 23.9 Å². The standard InChI is InChI=1S/C14H20BrN3O2/c1-18-9-11(15)8-12(18)14(20)17-16-13(19)7-10-5-3-2-4-6-10/h8-10H,2-7H2,1H3,(H,16,19)(H,17,20). The first kappa shape index (κ1) is 15.1. The molecule has 6 heteroatoms. The van der Waals surface area contributed by atoms with Crippen LogP contribution in [0.5, 0.6) is 0 Å². The van der Waals surface area contributed by atoms with Gasteiger partial charge in [0.25, 0.3) is 5.91 Å². The van der Waals surface area contributed by atoms with Crippen molar-refractivity contribution in [3.05, 3.63) is 22.4 Å². The summed E-state index contributed by atoms with van der Waals surface area (Å²) in [5.41, 5.74) is 5.46. The number of halogens is 1. The summed E-state index contributed by atoms with van der Waals surface area (Å²) in [5, 5.41) is 0. The average molecular weight is 342 g/mol. The molecule has 1 heterocycles. The molecule has 1 fully saturated rings. The van der Waals surface area contributed by atoms with Crippen molar-refractivity contribution >= 4 is 27.7 Å². The molecule has 0 aliphatic heterocycles. The van der Waals surface area contributed by atoms with Gasteiger partial charge in [-0.2, -0.15) is 0 Å². The van der Waals surface area contributed by atoms with Crippen molar-refractivity contribution in [1.82, 2.24) is 15.4 Å². The molecule has 1 aromatic heterocycles. The van der Waals surface area contributed by atoms with Crippen molar-refractivity contribution in [1.29, 1.82) is 0 Å². The minimum Gasteiger partial charge on any atom is -0.345 e. The first-order chi connectivity index (χ1) is 9.56. The predicted molar refractivity (Wildman–Crippen MR) is 79.9 cm³/mol. The van der Waals surface area contributed by atoms with E-state index in [1.165, 1.54) is 19.3 Å². The van der Waals surface area contributed by atoms with E-state index in [9.17, 15) is 9.59 Å². The van der Waals surface area contributed by atoms with Crippen molar-refractivity contribution in [3.63, 3.8) is 0 Å². The van der Waals surface area contributed by atoms with Crippen LogP contribution in [0, 0.1) is 5.92 Å². The predicted octanol–water partition coefficient (Wildman–Crippen LogP) is 2.52. The van der Waals surface area contributed by atoms with Gasteiger partial charge < -0.3 is 4.57 Å². The molecule has 0 radical (unpaired) electrons. The van der Waals surface area contributed by atoms with Crippen LogP contribution in [-0.2, 0) is 11.8 Å². The maximum Gasteiger partial charge on any atom is 0.286 e. The molecule has 1 saturated carbocycles. The Bertz CT molecular complexity index is 493. The summed E-state index contributed by atoms with van der Waals surface area (Å²) in [7, 11) is 1.78. The number of rotatable bonds is 3. The van der Waals surface area contributed by atoms with Crippen LogP contribution >= 0.6 is 15.9 Å². The third-order valence-electron chi connectivity index (χ3n) is 3.72. The molecule has 5 nitrogen and oxygen atoms in total. The van der Waals surface area contributed by atoms with Gasteiger partial charge in [-0.25, -0.2) is 0 Å². The van der Waals surface area contributed by atoms with Gasteiger partial charge in [0.15, 0.2) is 0 Å². The number of nitrogens with one attached hydrogen (secondary N) is 2. The van der Waals surface area contributed by atoms with Gasteiger partial charge in [-0.1, -0.05) is 19.3 Å². The molecule has 110 valence electrons. The number of nitrogens with zero attached hydrogens (tertiary/aromatic N) is 1. The highest BCUT2D eigenvalue weighted by molar-refractivity contribution is 9.10. The van der Waals surface area contributed by atoms with Crippen LogP contribution < -0.4 is 10.9 Å². The maximum absolute atomic E-state index is 11.9. The second-order valence-electron chi connectivity index (χ2n) is 5.36. The van der Waals surface area contributed by atoms with Gasteiger partial charge in [0.2, 0.25) is 5.91 Å². The smallest absolute Gasteiger partial charge is 0.286 e. The van der Waals surface area contributed by atoms with Gasteiger partial charge in [0, 0.05) is 24.1 Å². The van der Waals surface area contributed by atoms with E-state index in [1.807, 2.05) is 0 Å². The minimum absolute atomic E-state index is 0.112. The van der Waals surface area contributed by atoms with Gasteiger partial charge in [0.1, 0.15) is 5.69 Å². The second kappa shape index (κ2) is 6.92. The Morgan fingerprint density at radius 2 is 2.00 bits per heavy atom. The van der Waals surface area contributed by atoms with E-state index >= 15 is 0 Å². The molecule has 1 aliphatic rings. The van der Waals surface area contributed by atoms with Gasteiger partial charge in [-0.15, -0.1) is 0 Å². The normalized spacial score (nSPS) is 15.9. The Balaban J connectivity index is 1.78. The first-order valence-electron chi connectivity index (χ1n) is 6.97. The summed E-state index contributed by atoms with van der Waals surface area (Å²) in [5.74, 6) is 0.0403. The summed E-state index contributed by atoms with van der Waals surface area (Å²) in [6, 6.07) is 1.71. The first-order valence-corrected chi connectivity index (χ1v) is 7.76. The lowest BCUT2D eigenvalue weighted by atomic mass is 9.87. The van der Waals surface area contributed by atoms with E-state index in [4.69, 9.17) is 0 Å². The average Bonchev–Trinajstić information content (AvgIpc) is 2.76. The van der Waals surface area contributed by atoms with Crippen LogP contribution in [0.1, 0.15) is 49.0 Å². The fraction of sp³-hybridized carbons (Fsp3) is 0.571. The molecule has 2 N–H and O–H groups in total. The zero-order chi connectivity index (χ0) is 14.5. The second-order valence-corrected chi connectivity index (χ2v) is 6.28. The zero-order valence-electron chi connectivity index (χ0n) is 11.6. The molecule has 2 amide bonds. The molecule has 0 spiro atoms. The van der Waals surface area contributed by atoms with Crippen molar-refractivity contribution in [3.8, 4) is 0 Å². The lowest BCUT2D eigenvalue weighted by Gasteiger charge is -2.20. The van der Waals surface area contributed by atoms with Gasteiger partial charge in [-0.05, 0) is 40.8 Å². The summed E-state index contributed by atoms with van der Waals surface area (Å²) in [6.07, 6.45) is 8.22. The Labute approximate surface area is 127 Å². The quantitative estimate of drug-likeness (QED) is 0.829. The third-order valence-corrected chi connectivity index (χ3v) is 4.15. The van der Waals surface area contributed by atoms with Crippen LogP contribution in [0.4, 0.5) is 0 Å². The molecule has 2 rings (SSSR count). The van der Waals surface area contributed by atoms with Crippen molar-refractivity contribution in [2.24, 2.45) is 13.0 Å². The summed E-state index contributed by atoms with van der Waals surface area (Å²) >= 11 is 3.31. The van der Waals surface area contributed by atoms with E-state index in [2.05, 4.69) is 26.8 Å². The number of aromatic nitrogens is 1. The molecule has 0 atom stereocenters. The zero-order valence-corrected chi connectivity index (χ0v) is 13.2. The number of hydrazine groups is 1. The highest BCUT2D eigenvalue weighted by atomic mass is 79.9. The number of hydrogen-bond donors (Lipinski definition) is 2. The minimum atomic E-state index is -0.310. The monoisotopic (exact) mass is 341 g/mol. The molecule has 1 aliphatic carbocycles. The van der Waals surface area contributed by atoms with Crippen molar-refractivity contribution in [2.75, 3.05) is 0 Å². The van der Waals surface area contributed by atoms with Crippen LogP contribution in [0.25, 0.3) is 0 Å². The maximum atomic E-state index is 11.9. The lowest BCUT2D eigenvalue weighted by molar-refractivity contribution is -0.123. The summed E-state index contributed by atoms with van der Waals surface area (Å²) in [6.45, 7) is 0. The van der Waals surface area contributed by atoms with Gasteiger partial charge in [0.05, 0.1) is 0 Å². The Kier molecular flexibility index (Phi) is 5.23. The van der Waals surface area contributed by atoms with E-state index in [0.717, 1.165) is 17.3 Å². The summed E-state index contributed by atoms with van der Waals surface area (Å²) in [4.78, 5) is 23.7. The SMILES string of the molecule is Cn1cc(Br)cc1C(=O)NNC(=O)CC1CCCCC1. The van der Waals surface area contributed by atoms with Gasteiger partial charge in [-0.3, -0.25) is 20.4 Å². The van der Waals surface area contributed by atoms with E-state index in [0.29, 0.717) is 18.0 Å². The molecular formula is C14H20BrN3O2. The lowest BCUT2D eigenvalue weighted by Crippen LogP contribution is -2.42. The number of aryl methyl sites for hydroxylation is 1. The molecule has 0 aromatic carbocycles. The molecule has 1 aromatic rings. The largest absolute Gasteiger partial charge is 0.345 e. The topological polar surface area (TPSA) is 63.1 Å². The fourth-order valence-corrected chi connectivity index (χ4v) is 3.17. The Morgan fingerprint density at radius 1 is 1.30 bits per heavy atom. The highest BCUT2D eigenvalue weighted by Gasteiger charge is 2.18. The van der Waals surface area contributed by atoms with Crippen LogP contribution in [0.3, 0.4) is 0 Å². The van der Waals surface area contributed by atoms with E-state index in [-0.39, 0.29) is 11.8 Å². The van der Waals surface area contributed by atoms with E-state index < -0.39 is 0 Å². The Hall–Kier alpha value is -1.30.